The maximum atomic E-state index is 12.9. The van der Waals surface area contributed by atoms with E-state index in [1.807, 2.05) is 0 Å². The summed E-state index contributed by atoms with van der Waals surface area (Å²) in [6.07, 6.45) is 3.78. The van der Waals surface area contributed by atoms with Crippen LogP contribution in [0, 0.1) is 5.92 Å². The van der Waals surface area contributed by atoms with Crippen LogP contribution in [-0.2, 0) is 17.6 Å². The lowest BCUT2D eigenvalue weighted by Gasteiger charge is -2.18. The Hall–Kier alpha value is -2.93. The molecule has 3 aromatic rings. The first-order valence-corrected chi connectivity index (χ1v) is 10.4. The Labute approximate surface area is 171 Å². The quantitative estimate of drug-likeness (QED) is 0.643. The van der Waals surface area contributed by atoms with E-state index >= 15 is 0 Å². The molecule has 0 saturated heterocycles. The van der Waals surface area contributed by atoms with Crippen molar-refractivity contribution in [3.05, 3.63) is 62.3 Å². The van der Waals surface area contributed by atoms with Crippen molar-refractivity contribution in [1.29, 1.82) is 0 Å². The molecule has 7 heteroatoms. The lowest BCUT2D eigenvalue weighted by Crippen LogP contribution is -2.22. The third-order valence-electron chi connectivity index (χ3n) is 5.14. The minimum absolute atomic E-state index is 0.0988. The number of rotatable bonds is 4. The molecule has 1 aromatic carbocycles. The standard InChI is InChI=1S/C22H21NO5S/c1-3-27-22(26)18-14-9-8-12(2)10-17(14)29-21(18)23-20(25)15-11-28-16-7-5-4-6-13(16)19(15)24/h4-7,11-12H,3,8-10H2,1-2H3,(H,23,25). The summed E-state index contributed by atoms with van der Waals surface area (Å²) in [6, 6.07) is 6.76. The van der Waals surface area contributed by atoms with Crippen molar-refractivity contribution in [3.63, 3.8) is 0 Å². The van der Waals surface area contributed by atoms with Gasteiger partial charge >= 0.3 is 5.97 Å². The number of benzene rings is 1. The van der Waals surface area contributed by atoms with Gasteiger partial charge in [-0.3, -0.25) is 9.59 Å². The number of esters is 1. The van der Waals surface area contributed by atoms with Crippen molar-refractivity contribution in [2.75, 3.05) is 11.9 Å². The van der Waals surface area contributed by atoms with Gasteiger partial charge in [0.05, 0.1) is 17.6 Å². The first-order valence-electron chi connectivity index (χ1n) is 9.63. The van der Waals surface area contributed by atoms with Gasteiger partial charge in [0, 0.05) is 4.88 Å². The van der Waals surface area contributed by atoms with E-state index in [0.29, 0.717) is 27.5 Å². The number of carbonyl (C=O) groups excluding carboxylic acids is 2. The molecule has 6 nitrogen and oxygen atoms in total. The normalized spacial score (nSPS) is 15.7. The summed E-state index contributed by atoms with van der Waals surface area (Å²) in [5.74, 6) is -0.519. The van der Waals surface area contributed by atoms with Gasteiger partial charge in [-0.05, 0) is 49.8 Å². The Balaban J connectivity index is 1.72. The van der Waals surface area contributed by atoms with Crippen molar-refractivity contribution in [1.82, 2.24) is 0 Å². The van der Waals surface area contributed by atoms with E-state index in [1.165, 1.54) is 17.6 Å². The summed E-state index contributed by atoms with van der Waals surface area (Å²) in [5.41, 5.74) is 1.28. The van der Waals surface area contributed by atoms with Gasteiger partial charge in [-0.1, -0.05) is 19.1 Å². The topological polar surface area (TPSA) is 85.6 Å². The van der Waals surface area contributed by atoms with Crippen LogP contribution in [-0.4, -0.2) is 18.5 Å². The average Bonchev–Trinajstić information content (AvgIpc) is 3.05. The minimum atomic E-state index is -0.596. The predicted molar refractivity (Wildman–Crippen MR) is 112 cm³/mol. The van der Waals surface area contributed by atoms with E-state index in [0.717, 1.165) is 29.7 Å². The van der Waals surface area contributed by atoms with Crippen molar-refractivity contribution in [2.24, 2.45) is 5.92 Å². The minimum Gasteiger partial charge on any atom is -0.463 e. The highest BCUT2D eigenvalue weighted by molar-refractivity contribution is 7.17. The number of thiophene rings is 1. The summed E-state index contributed by atoms with van der Waals surface area (Å²) in [7, 11) is 0. The molecule has 1 atom stereocenters. The van der Waals surface area contributed by atoms with Crippen LogP contribution in [0.25, 0.3) is 11.0 Å². The van der Waals surface area contributed by atoms with Crippen LogP contribution in [0.2, 0.25) is 0 Å². The SMILES string of the molecule is CCOC(=O)c1c(NC(=O)c2coc3ccccc3c2=O)sc2c1CCC(C)C2. The second-order valence-corrected chi connectivity index (χ2v) is 8.31. The molecule has 1 unspecified atom stereocenters. The van der Waals surface area contributed by atoms with E-state index < -0.39 is 17.3 Å². The first kappa shape index (κ1) is 19.4. The molecule has 0 saturated carbocycles. The highest BCUT2D eigenvalue weighted by atomic mass is 32.1. The monoisotopic (exact) mass is 411 g/mol. The summed E-state index contributed by atoms with van der Waals surface area (Å²) in [6.45, 7) is 4.17. The highest BCUT2D eigenvalue weighted by Gasteiger charge is 2.29. The largest absolute Gasteiger partial charge is 0.463 e. The van der Waals surface area contributed by atoms with Crippen LogP contribution in [0.1, 0.15) is 51.4 Å². The van der Waals surface area contributed by atoms with Gasteiger partial charge in [-0.25, -0.2) is 4.79 Å². The Bertz CT molecular complexity index is 1160. The Morgan fingerprint density at radius 3 is 2.90 bits per heavy atom. The first-order chi connectivity index (χ1) is 14.0. The molecule has 29 heavy (non-hydrogen) atoms. The Morgan fingerprint density at radius 1 is 1.31 bits per heavy atom. The van der Waals surface area contributed by atoms with E-state index in [1.54, 1.807) is 31.2 Å². The fraction of sp³-hybridized carbons (Fsp3) is 0.318. The number of hydrogen-bond donors (Lipinski definition) is 1. The van der Waals surface area contributed by atoms with E-state index in [4.69, 9.17) is 9.15 Å². The summed E-state index contributed by atoms with van der Waals surface area (Å²) < 4.78 is 10.7. The molecule has 0 radical (unpaired) electrons. The zero-order valence-electron chi connectivity index (χ0n) is 16.2. The molecule has 1 aliphatic carbocycles. The van der Waals surface area contributed by atoms with Crippen LogP contribution in [0.5, 0.6) is 0 Å². The van der Waals surface area contributed by atoms with Gasteiger partial charge in [-0.2, -0.15) is 0 Å². The zero-order valence-corrected chi connectivity index (χ0v) is 17.1. The maximum absolute atomic E-state index is 12.9. The molecule has 1 N–H and O–H groups in total. The fourth-order valence-electron chi connectivity index (χ4n) is 3.66. The molecule has 2 heterocycles. The number of carbonyl (C=O) groups is 2. The van der Waals surface area contributed by atoms with Crippen LogP contribution >= 0.6 is 11.3 Å². The summed E-state index contributed by atoms with van der Waals surface area (Å²) in [4.78, 5) is 39.3. The van der Waals surface area contributed by atoms with Crippen LogP contribution in [0.3, 0.4) is 0 Å². The van der Waals surface area contributed by atoms with Gasteiger partial charge in [-0.15, -0.1) is 11.3 Å². The molecule has 2 aromatic heterocycles. The van der Waals surface area contributed by atoms with Crippen molar-refractivity contribution in [3.8, 4) is 0 Å². The molecule has 1 amide bonds. The molecular formula is C22H21NO5S. The third-order valence-corrected chi connectivity index (χ3v) is 6.31. The Morgan fingerprint density at radius 2 is 2.10 bits per heavy atom. The molecule has 1 aliphatic rings. The zero-order chi connectivity index (χ0) is 20.5. The Kier molecular flexibility index (Phi) is 5.24. The molecule has 0 bridgehead atoms. The van der Waals surface area contributed by atoms with Crippen molar-refractivity contribution < 1.29 is 18.7 Å². The van der Waals surface area contributed by atoms with E-state index in [-0.39, 0.29) is 12.2 Å². The van der Waals surface area contributed by atoms with Crippen LogP contribution < -0.4 is 10.7 Å². The van der Waals surface area contributed by atoms with Gasteiger partial charge in [0.15, 0.2) is 0 Å². The number of anilines is 1. The van der Waals surface area contributed by atoms with Crippen molar-refractivity contribution >= 4 is 39.2 Å². The number of amides is 1. The van der Waals surface area contributed by atoms with E-state index in [9.17, 15) is 14.4 Å². The average molecular weight is 411 g/mol. The lowest BCUT2D eigenvalue weighted by atomic mass is 9.88. The lowest BCUT2D eigenvalue weighted by molar-refractivity contribution is 0.0526. The van der Waals surface area contributed by atoms with Crippen LogP contribution in [0.4, 0.5) is 5.00 Å². The van der Waals surface area contributed by atoms with Gasteiger partial charge in [0.1, 0.15) is 22.4 Å². The molecule has 4 rings (SSSR count). The molecule has 0 spiro atoms. The fourth-order valence-corrected chi connectivity index (χ4v) is 5.06. The smallest absolute Gasteiger partial charge is 0.341 e. The molecular weight excluding hydrogens is 390 g/mol. The molecule has 0 fully saturated rings. The molecule has 150 valence electrons. The number of fused-ring (bicyclic) bond motifs is 2. The summed E-state index contributed by atoms with van der Waals surface area (Å²) in [5, 5.41) is 3.53. The van der Waals surface area contributed by atoms with Gasteiger partial charge in [0.2, 0.25) is 5.43 Å². The maximum Gasteiger partial charge on any atom is 0.341 e. The number of ether oxygens (including phenoxy) is 1. The van der Waals surface area contributed by atoms with E-state index in [2.05, 4.69) is 12.2 Å². The number of para-hydroxylation sites is 1. The predicted octanol–water partition coefficient (Wildman–Crippen LogP) is 4.41. The second-order valence-electron chi connectivity index (χ2n) is 7.21. The van der Waals surface area contributed by atoms with Gasteiger partial charge in [0.25, 0.3) is 5.91 Å². The highest BCUT2D eigenvalue weighted by Crippen LogP contribution is 2.40. The second kappa shape index (κ2) is 7.83. The third kappa shape index (κ3) is 3.58. The number of hydrogen-bond acceptors (Lipinski definition) is 6. The van der Waals surface area contributed by atoms with Crippen molar-refractivity contribution in [2.45, 2.75) is 33.1 Å². The van der Waals surface area contributed by atoms with Crippen LogP contribution in [0.15, 0.2) is 39.7 Å². The summed E-state index contributed by atoms with van der Waals surface area (Å²) >= 11 is 1.39. The molecule has 0 aliphatic heterocycles. The number of nitrogens with one attached hydrogen (secondary N) is 1. The van der Waals surface area contributed by atoms with Gasteiger partial charge < -0.3 is 14.5 Å².